The molecule has 0 aliphatic carbocycles. The van der Waals surface area contributed by atoms with Gasteiger partial charge in [0, 0.05) is 0 Å². The molecule has 0 aliphatic rings. The van der Waals surface area contributed by atoms with E-state index < -0.39 is 0 Å². The maximum atomic E-state index is 9.26. The Morgan fingerprint density at radius 2 is 1.00 bits per heavy atom. The van der Waals surface area contributed by atoms with Crippen LogP contribution in [-0.4, -0.2) is 36.2 Å². The molecule has 2 nitrogen and oxygen atoms in total. The summed E-state index contributed by atoms with van der Waals surface area (Å²) in [6, 6.07) is 0. The molecule has 0 saturated carbocycles. The molecule has 0 heterocycles. The zero-order chi connectivity index (χ0) is 17.9. The Bertz CT molecular complexity index is 230. The topological polar surface area (TPSA) is 23.5 Å². The molecule has 1 unspecified atom stereocenters. The van der Waals surface area contributed by atoms with Gasteiger partial charge in [0.2, 0.25) is 0 Å². The molecule has 0 amide bonds. The van der Waals surface area contributed by atoms with Gasteiger partial charge in [0.25, 0.3) is 0 Å². The van der Waals surface area contributed by atoms with Crippen molar-refractivity contribution < 1.29 is 5.11 Å². The Hall–Kier alpha value is -0.0800. The minimum absolute atomic E-state index is 0.139. The first-order valence-corrected chi connectivity index (χ1v) is 11.0. The number of hydrogen-bond acceptors (Lipinski definition) is 2. The normalized spacial score (nSPS) is 12.9. The van der Waals surface area contributed by atoms with Gasteiger partial charge in [-0.05, 0) is 46.3 Å². The van der Waals surface area contributed by atoms with Crippen LogP contribution < -0.4 is 0 Å². The average Bonchev–Trinajstić information content (AvgIpc) is 2.55. The lowest BCUT2D eigenvalue weighted by atomic mass is 10.0. The summed E-state index contributed by atoms with van der Waals surface area (Å²) in [5.41, 5.74) is 0. The maximum absolute atomic E-state index is 9.26. The fourth-order valence-corrected chi connectivity index (χ4v) is 3.34. The Kier molecular flexibility index (Phi) is 19.2. The maximum Gasteiger partial charge on any atom is 0.0512 e. The Morgan fingerprint density at radius 1 is 0.625 bits per heavy atom. The number of unbranched alkanes of at least 4 members (excludes halogenated alkanes) is 13. The second-order valence-corrected chi connectivity index (χ2v) is 7.89. The van der Waals surface area contributed by atoms with E-state index in [0.717, 1.165) is 19.4 Å². The van der Waals surface area contributed by atoms with Crippen LogP contribution in [0.4, 0.5) is 0 Å². The van der Waals surface area contributed by atoms with Gasteiger partial charge in [-0.25, -0.2) is 0 Å². The van der Waals surface area contributed by atoms with E-state index in [2.05, 4.69) is 18.9 Å². The molecule has 1 atom stereocenters. The van der Waals surface area contributed by atoms with Gasteiger partial charge < -0.3 is 10.0 Å². The van der Waals surface area contributed by atoms with Crippen LogP contribution in [0.1, 0.15) is 117 Å². The second-order valence-electron chi connectivity index (χ2n) is 7.89. The van der Waals surface area contributed by atoms with Gasteiger partial charge in [-0.3, -0.25) is 0 Å². The molecule has 1 N–H and O–H groups in total. The molecule has 0 aromatic carbocycles. The van der Waals surface area contributed by atoms with Crippen molar-refractivity contribution in [3.05, 3.63) is 0 Å². The lowest BCUT2D eigenvalue weighted by molar-refractivity contribution is 0.174. The molecule has 24 heavy (non-hydrogen) atoms. The summed E-state index contributed by atoms with van der Waals surface area (Å²) in [7, 11) is 2.21. The van der Waals surface area contributed by atoms with E-state index in [1.807, 2.05) is 6.92 Å². The van der Waals surface area contributed by atoms with Gasteiger partial charge in [-0.2, -0.15) is 0 Å². The molecule has 0 rings (SSSR count). The summed E-state index contributed by atoms with van der Waals surface area (Å²) >= 11 is 0. The fraction of sp³-hybridized carbons (Fsp3) is 1.00. The van der Waals surface area contributed by atoms with E-state index in [9.17, 15) is 5.11 Å². The summed E-state index contributed by atoms with van der Waals surface area (Å²) in [6.07, 6.45) is 21.9. The lowest BCUT2D eigenvalue weighted by Gasteiger charge is -2.16. The molecule has 0 fully saturated rings. The SMILES string of the molecule is CCCCCCCCCCCCCCCCN(C)CCCC(C)O. The highest BCUT2D eigenvalue weighted by Crippen LogP contribution is 2.13. The van der Waals surface area contributed by atoms with E-state index in [1.165, 1.54) is 96.4 Å². The molecule has 0 bridgehead atoms. The third kappa shape index (κ3) is 20.0. The highest BCUT2D eigenvalue weighted by molar-refractivity contribution is 4.56. The van der Waals surface area contributed by atoms with Crippen LogP contribution in [0.2, 0.25) is 0 Å². The summed E-state index contributed by atoms with van der Waals surface area (Å²) in [5, 5.41) is 9.26. The van der Waals surface area contributed by atoms with Crippen molar-refractivity contribution in [1.29, 1.82) is 0 Å². The number of rotatable bonds is 19. The van der Waals surface area contributed by atoms with Crippen LogP contribution in [0.3, 0.4) is 0 Å². The van der Waals surface area contributed by atoms with Crippen molar-refractivity contribution in [2.75, 3.05) is 20.1 Å². The summed E-state index contributed by atoms with van der Waals surface area (Å²) < 4.78 is 0. The van der Waals surface area contributed by atoms with E-state index in [4.69, 9.17) is 0 Å². The molecule has 0 aliphatic heterocycles. The van der Waals surface area contributed by atoms with Crippen LogP contribution in [0, 0.1) is 0 Å². The first kappa shape index (κ1) is 23.9. The van der Waals surface area contributed by atoms with E-state index >= 15 is 0 Å². The Labute approximate surface area is 153 Å². The number of nitrogens with zero attached hydrogens (tertiary/aromatic N) is 1. The highest BCUT2D eigenvalue weighted by Gasteiger charge is 2.00. The molecular weight excluding hydrogens is 294 g/mol. The first-order chi connectivity index (χ1) is 11.7. The van der Waals surface area contributed by atoms with E-state index in [0.29, 0.717) is 0 Å². The summed E-state index contributed by atoms with van der Waals surface area (Å²) in [4.78, 5) is 2.42. The van der Waals surface area contributed by atoms with Crippen LogP contribution in [-0.2, 0) is 0 Å². The Balaban J connectivity index is 3.09. The van der Waals surface area contributed by atoms with Crippen LogP contribution in [0.15, 0.2) is 0 Å². The molecule has 146 valence electrons. The van der Waals surface area contributed by atoms with Gasteiger partial charge in [0.05, 0.1) is 6.10 Å². The lowest BCUT2D eigenvalue weighted by Crippen LogP contribution is -2.21. The molecule has 0 aromatic rings. The van der Waals surface area contributed by atoms with E-state index in [1.54, 1.807) is 0 Å². The summed E-state index contributed by atoms with van der Waals surface area (Å²) in [6.45, 7) is 6.52. The Morgan fingerprint density at radius 3 is 1.42 bits per heavy atom. The monoisotopic (exact) mass is 341 g/mol. The quantitative estimate of drug-likeness (QED) is 0.269. The van der Waals surface area contributed by atoms with Gasteiger partial charge in [0.15, 0.2) is 0 Å². The summed E-state index contributed by atoms with van der Waals surface area (Å²) in [5.74, 6) is 0. The van der Waals surface area contributed by atoms with Crippen molar-refractivity contribution >= 4 is 0 Å². The van der Waals surface area contributed by atoms with Crippen molar-refractivity contribution in [3.8, 4) is 0 Å². The number of aliphatic hydroxyl groups excluding tert-OH is 1. The molecule has 2 heteroatoms. The third-order valence-electron chi connectivity index (χ3n) is 5.06. The van der Waals surface area contributed by atoms with E-state index in [-0.39, 0.29) is 6.10 Å². The molecule has 0 aromatic heterocycles. The minimum atomic E-state index is -0.139. The number of aliphatic hydroxyl groups is 1. The third-order valence-corrected chi connectivity index (χ3v) is 5.06. The van der Waals surface area contributed by atoms with Crippen molar-refractivity contribution in [2.45, 2.75) is 123 Å². The predicted molar refractivity (Wildman–Crippen MR) is 109 cm³/mol. The standard InChI is InChI=1S/C22H47NO/c1-4-5-6-7-8-9-10-11-12-13-14-15-16-17-20-23(3)21-18-19-22(2)24/h22,24H,4-21H2,1-3H3. The molecular formula is C22H47NO. The van der Waals surface area contributed by atoms with Crippen molar-refractivity contribution in [3.63, 3.8) is 0 Å². The first-order valence-electron chi connectivity index (χ1n) is 11.0. The largest absolute Gasteiger partial charge is 0.393 e. The number of hydrogen-bond donors (Lipinski definition) is 1. The highest BCUT2D eigenvalue weighted by atomic mass is 16.3. The van der Waals surface area contributed by atoms with Crippen LogP contribution >= 0.6 is 0 Å². The van der Waals surface area contributed by atoms with Gasteiger partial charge in [-0.15, -0.1) is 0 Å². The second kappa shape index (κ2) is 19.2. The van der Waals surface area contributed by atoms with Gasteiger partial charge in [-0.1, -0.05) is 90.4 Å². The minimum Gasteiger partial charge on any atom is -0.393 e. The van der Waals surface area contributed by atoms with Gasteiger partial charge in [0.1, 0.15) is 0 Å². The zero-order valence-corrected chi connectivity index (χ0v) is 17.2. The van der Waals surface area contributed by atoms with Gasteiger partial charge >= 0.3 is 0 Å². The van der Waals surface area contributed by atoms with Crippen LogP contribution in [0.5, 0.6) is 0 Å². The molecule has 0 spiro atoms. The molecule has 0 saturated heterocycles. The smallest absolute Gasteiger partial charge is 0.0512 e. The van der Waals surface area contributed by atoms with Crippen molar-refractivity contribution in [1.82, 2.24) is 4.90 Å². The van der Waals surface area contributed by atoms with Crippen LogP contribution in [0.25, 0.3) is 0 Å². The average molecular weight is 342 g/mol. The van der Waals surface area contributed by atoms with Crippen molar-refractivity contribution in [2.24, 2.45) is 0 Å². The molecule has 0 radical (unpaired) electrons. The predicted octanol–water partition coefficient (Wildman–Crippen LogP) is 6.56. The zero-order valence-electron chi connectivity index (χ0n) is 17.2. The fourth-order valence-electron chi connectivity index (χ4n) is 3.34.